The highest BCUT2D eigenvalue weighted by Gasteiger charge is 2.34. The fourth-order valence-corrected chi connectivity index (χ4v) is 2.82. The number of urea groups is 1. The molecule has 2 rings (SSSR count). The summed E-state index contributed by atoms with van der Waals surface area (Å²) in [4.78, 5) is 23.6. The first kappa shape index (κ1) is 15.9. The van der Waals surface area contributed by atoms with Gasteiger partial charge in [-0.1, -0.05) is 29.6 Å². The Morgan fingerprint density at radius 1 is 1.29 bits per heavy atom. The third-order valence-corrected chi connectivity index (χ3v) is 4.08. The molecule has 114 valence electrons. The molecule has 1 fully saturated rings. The van der Waals surface area contributed by atoms with E-state index >= 15 is 0 Å². The highest BCUT2D eigenvalue weighted by atomic mass is 35.5. The Bertz CT molecular complexity index is 551. The van der Waals surface area contributed by atoms with Gasteiger partial charge in [0, 0.05) is 11.1 Å². The van der Waals surface area contributed by atoms with E-state index in [0.29, 0.717) is 15.7 Å². The molecule has 2 atom stereocenters. The van der Waals surface area contributed by atoms with Crippen molar-refractivity contribution in [3.8, 4) is 0 Å². The average Bonchev–Trinajstić information content (AvgIpc) is 2.90. The summed E-state index contributed by atoms with van der Waals surface area (Å²) in [5.41, 5.74) is 0.425. The third kappa shape index (κ3) is 4.02. The fraction of sp³-hybridized carbons (Fsp3) is 0.429. The number of amides is 2. The van der Waals surface area contributed by atoms with Crippen LogP contribution in [0.25, 0.3) is 0 Å². The van der Waals surface area contributed by atoms with E-state index < -0.39 is 6.03 Å². The van der Waals surface area contributed by atoms with Crippen molar-refractivity contribution >= 4 is 40.9 Å². The summed E-state index contributed by atoms with van der Waals surface area (Å²) in [6.07, 6.45) is 2.34. The molecule has 0 unspecified atom stereocenters. The van der Waals surface area contributed by atoms with Crippen LogP contribution in [0.2, 0.25) is 10.0 Å². The summed E-state index contributed by atoms with van der Waals surface area (Å²) in [5, 5.41) is 6.29. The summed E-state index contributed by atoms with van der Waals surface area (Å²) < 4.78 is 4.75. The Balaban J connectivity index is 1.98. The van der Waals surface area contributed by atoms with Crippen molar-refractivity contribution in [1.82, 2.24) is 5.32 Å². The van der Waals surface area contributed by atoms with Gasteiger partial charge < -0.3 is 15.4 Å². The van der Waals surface area contributed by atoms with Crippen LogP contribution in [-0.2, 0) is 9.53 Å². The molecule has 0 aromatic heterocycles. The van der Waals surface area contributed by atoms with Crippen molar-refractivity contribution in [2.24, 2.45) is 5.92 Å². The van der Waals surface area contributed by atoms with E-state index in [2.05, 4.69) is 10.6 Å². The first-order valence-electron chi connectivity index (χ1n) is 6.61. The first-order valence-corrected chi connectivity index (χ1v) is 7.37. The van der Waals surface area contributed by atoms with Gasteiger partial charge in [-0.15, -0.1) is 0 Å². The maximum absolute atomic E-state index is 12.0. The molecular formula is C14H16Cl2N2O3. The predicted octanol–water partition coefficient (Wildman–Crippen LogP) is 3.46. The van der Waals surface area contributed by atoms with Crippen molar-refractivity contribution in [3.05, 3.63) is 28.2 Å². The van der Waals surface area contributed by atoms with Crippen LogP contribution in [-0.4, -0.2) is 25.2 Å². The van der Waals surface area contributed by atoms with Gasteiger partial charge >= 0.3 is 12.0 Å². The van der Waals surface area contributed by atoms with Crippen molar-refractivity contribution in [3.63, 3.8) is 0 Å². The van der Waals surface area contributed by atoms with Crippen LogP contribution >= 0.6 is 23.2 Å². The van der Waals surface area contributed by atoms with E-state index in [1.165, 1.54) is 7.11 Å². The van der Waals surface area contributed by atoms with Crippen LogP contribution in [0.4, 0.5) is 10.5 Å². The molecule has 1 aliphatic carbocycles. The molecule has 1 saturated carbocycles. The summed E-state index contributed by atoms with van der Waals surface area (Å²) in [6, 6.07) is 4.16. The van der Waals surface area contributed by atoms with Gasteiger partial charge in [0.2, 0.25) is 0 Å². The van der Waals surface area contributed by atoms with Crippen LogP contribution in [0.5, 0.6) is 0 Å². The summed E-state index contributed by atoms with van der Waals surface area (Å²) >= 11 is 11.8. The molecule has 0 radical (unpaired) electrons. The number of methoxy groups -OCH3 is 1. The molecule has 21 heavy (non-hydrogen) atoms. The average molecular weight is 331 g/mol. The van der Waals surface area contributed by atoms with Crippen molar-refractivity contribution in [2.75, 3.05) is 12.4 Å². The van der Waals surface area contributed by atoms with Crippen LogP contribution in [0, 0.1) is 5.92 Å². The standard InChI is InChI=1S/C14H16Cl2N2O3/c1-21-13(19)9-3-2-4-11(9)17-14(20)18-12-7-8(15)5-6-10(12)16/h5-7,9,11H,2-4H2,1H3,(H2,17,18,20)/t9-,11+/m1/s1. The number of anilines is 1. The largest absolute Gasteiger partial charge is 0.469 e. The van der Waals surface area contributed by atoms with Crippen LogP contribution < -0.4 is 10.6 Å². The normalized spacial score (nSPS) is 20.9. The van der Waals surface area contributed by atoms with Gasteiger partial charge in [0.1, 0.15) is 0 Å². The summed E-state index contributed by atoms with van der Waals surface area (Å²) in [7, 11) is 1.35. The minimum Gasteiger partial charge on any atom is -0.469 e. The van der Waals surface area contributed by atoms with Gasteiger partial charge in [-0.2, -0.15) is 0 Å². The predicted molar refractivity (Wildman–Crippen MR) is 81.8 cm³/mol. The maximum Gasteiger partial charge on any atom is 0.319 e. The molecule has 1 aromatic rings. The van der Waals surface area contributed by atoms with E-state index in [9.17, 15) is 9.59 Å². The lowest BCUT2D eigenvalue weighted by Crippen LogP contribution is -2.42. The molecule has 0 saturated heterocycles. The lowest BCUT2D eigenvalue weighted by molar-refractivity contribution is -0.145. The zero-order chi connectivity index (χ0) is 15.4. The Morgan fingerprint density at radius 2 is 2.05 bits per heavy atom. The molecule has 2 amide bonds. The number of benzene rings is 1. The van der Waals surface area contributed by atoms with E-state index in [1.54, 1.807) is 18.2 Å². The summed E-state index contributed by atoms with van der Waals surface area (Å²) in [5.74, 6) is -0.589. The number of nitrogens with one attached hydrogen (secondary N) is 2. The Hall–Kier alpha value is -1.46. The number of esters is 1. The molecule has 2 N–H and O–H groups in total. The van der Waals surface area contributed by atoms with Crippen LogP contribution in [0.15, 0.2) is 18.2 Å². The number of hydrogen-bond donors (Lipinski definition) is 2. The van der Waals surface area contributed by atoms with Crippen molar-refractivity contribution in [1.29, 1.82) is 0 Å². The number of hydrogen-bond acceptors (Lipinski definition) is 3. The van der Waals surface area contributed by atoms with Crippen molar-refractivity contribution in [2.45, 2.75) is 25.3 Å². The van der Waals surface area contributed by atoms with Gasteiger partial charge in [0.05, 0.1) is 23.7 Å². The van der Waals surface area contributed by atoms with Gasteiger partial charge in [-0.25, -0.2) is 4.79 Å². The zero-order valence-electron chi connectivity index (χ0n) is 11.5. The molecular weight excluding hydrogens is 315 g/mol. The lowest BCUT2D eigenvalue weighted by atomic mass is 10.0. The summed E-state index contributed by atoms with van der Waals surface area (Å²) in [6.45, 7) is 0. The number of carbonyl (C=O) groups excluding carboxylic acids is 2. The van der Waals surface area contributed by atoms with Gasteiger partial charge in [-0.3, -0.25) is 4.79 Å². The number of rotatable bonds is 3. The second kappa shape index (κ2) is 7.00. The SMILES string of the molecule is COC(=O)[C@@H]1CCC[C@@H]1NC(=O)Nc1cc(Cl)ccc1Cl. The fourth-order valence-electron chi connectivity index (χ4n) is 2.49. The van der Waals surface area contributed by atoms with E-state index in [4.69, 9.17) is 27.9 Å². The quantitative estimate of drug-likeness (QED) is 0.834. The molecule has 1 aromatic carbocycles. The minimum atomic E-state index is -0.417. The lowest BCUT2D eigenvalue weighted by Gasteiger charge is -2.19. The van der Waals surface area contributed by atoms with Crippen LogP contribution in [0.1, 0.15) is 19.3 Å². The molecule has 0 heterocycles. The van der Waals surface area contributed by atoms with E-state index in [-0.39, 0.29) is 17.9 Å². The van der Waals surface area contributed by atoms with Crippen molar-refractivity contribution < 1.29 is 14.3 Å². The molecule has 0 aliphatic heterocycles. The smallest absolute Gasteiger partial charge is 0.319 e. The van der Waals surface area contributed by atoms with Gasteiger partial charge in [0.15, 0.2) is 0 Å². The Labute approximate surface area is 132 Å². The molecule has 1 aliphatic rings. The topological polar surface area (TPSA) is 67.4 Å². The first-order chi connectivity index (χ1) is 10.0. The molecule has 0 spiro atoms. The minimum absolute atomic E-state index is 0.226. The van der Waals surface area contributed by atoms with E-state index in [0.717, 1.165) is 19.3 Å². The zero-order valence-corrected chi connectivity index (χ0v) is 13.0. The Kier molecular flexibility index (Phi) is 5.31. The molecule has 5 nitrogen and oxygen atoms in total. The van der Waals surface area contributed by atoms with Gasteiger partial charge in [0.25, 0.3) is 0 Å². The highest BCUT2D eigenvalue weighted by molar-refractivity contribution is 6.35. The maximum atomic E-state index is 12.0. The van der Waals surface area contributed by atoms with E-state index in [1.807, 2.05) is 0 Å². The third-order valence-electron chi connectivity index (χ3n) is 3.51. The second-order valence-electron chi connectivity index (χ2n) is 4.89. The van der Waals surface area contributed by atoms with Gasteiger partial charge in [-0.05, 0) is 31.0 Å². The highest BCUT2D eigenvalue weighted by Crippen LogP contribution is 2.28. The monoisotopic (exact) mass is 330 g/mol. The number of halogens is 2. The molecule has 0 bridgehead atoms. The van der Waals surface area contributed by atoms with Crippen LogP contribution in [0.3, 0.4) is 0 Å². The number of ether oxygens (including phenoxy) is 1. The number of carbonyl (C=O) groups is 2. The second-order valence-corrected chi connectivity index (χ2v) is 5.73. The Morgan fingerprint density at radius 3 is 2.76 bits per heavy atom. The molecule has 7 heteroatoms.